The number of nitrogens with zero attached hydrogens (tertiary/aromatic N) is 3. The third kappa shape index (κ3) is 2.70. The minimum absolute atomic E-state index is 0.147. The number of benzene rings is 3. The zero-order chi connectivity index (χ0) is 26.7. The summed E-state index contributed by atoms with van der Waals surface area (Å²) in [5, 5.41) is -0.699. The number of carbonyl (C=O) groups excluding carboxylic acids is 2. The number of rotatable bonds is 3. The van der Waals surface area contributed by atoms with Gasteiger partial charge in [0.1, 0.15) is 6.17 Å². The fourth-order valence-corrected chi connectivity index (χ4v) is 12.4. The van der Waals surface area contributed by atoms with Crippen LogP contribution in [0.4, 0.5) is 5.69 Å². The van der Waals surface area contributed by atoms with Crippen LogP contribution >= 0.6 is 21.6 Å². The lowest BCUT2D eigenvalue weighted by atomic mass is 9.70. The molecule has 0 radical (unpaired) electrons. The molecule has 5 aliphatic heterocycles. The summed E-state index contributed by atoms with van der Waals surface area (Å²) in [5.74, 6) is -0.369. The molecule has 3 aromatic rings. The van der Waals surface area contributed by atoms with Crippen LogP contribution in [0, 0.1) is 0 Å². The number of amides is 2. The molecule has 7 nitrogen and oxygen atoms in total. The van der Waals surface area contributed by atoms with Crippen molar-refractivity contribution in [1.29, 1.82) is 0 Å². The second-order valence-corrected chi connectivity index (χ2v) is 14.9. The number of anilines is 1. The molecule has 2 bridgehead atoms. The third-order valence-electron chi connectivity index (χ3n) is 8.78. The van der Waals surface area contributed by atoms with Crippen LogP contribution in [0.5, 0.6) is 0 Å². The van der Waals surface area contributed by atoms with Gasteiger partial charge in [0, 0.05) is 13.5 Å². The van der Waals surface area contributed by atoms with Gasteiger partial charge in [-0.2, -0.15) is 0 Å². The van der Waals surface area contributed by atoms with Gasteiger partial charge >= 0.3 is 0 Å². The fourth-order valence-electron chi connectivity index (χ4n) is 7.22. The Bertz CT molecular complexity index is 1740. The second-order valence-electron chi connectivity index (χ2n) is 10.6. The van der Waals surface area contributed by atoms with Gasteiger partial charge in [-0.05, 0) is 46.9 Å². The number of carbonyl (C=O) groups is 2. The minimum Gasteiger partial charge on any atom is -0.322 e. The largest absolute Gasteiger partial charge is 0.322 e. The highest BCUT2D eigenvalue weighted by Gasteiger charge is 2.77. The molecule has 0 aromatic heterocycles. The lowest BCUT2D eigenvalue weighted by Gasteiger charge is -2.53. The number of allylic oxidation sites excluding steroid dienone is 1. The summed E-state index contributed by atoms with van der Waals surface area (Å²) in [4.78, 5) is 30.3. The number of para-hydroxylation sites is 1. The molecule has 9 rings (SSSR count). The van der Waals surface area contributed by atoms with Crippen molar-refractivity contribution in [2.24, 2.45) is 0 Å². The van der Waals surface area contributed by atoms with Crippen molar-refractivity contribution >= 4 is 54.7 Å². The first kappa shape index (κ1) is 23.7. The summed E-state index contributed by atoms with van der Waals surface area (Å²) < 4.78 is 30.5. The van der Waals surface area contributed by atoms with Crippen LogP contribution in [-0.2, 0) is 31.4 Å². The zero-order valence-electron chi connectivity index (χ0n) is 20.9. The maximum Gasteiger partial charge on any atom is 0.266 e. The van der Waals surface area contributed by atoms with Gasteiger partial charge in [0.2, 0.25) is 0 Å². The maximum absolute atomic E-state index is 14.5. The van der Waals surface area contributed by atoms with Crippen molar-refractivity contribution in [2.45, 2.75) is 39.6 Å². The molecule has 196 valence electrons. The van der Waals surface area contributed by atoms with E-state index in [9.17, 15) is 18.0 Å². The molecule has 5 heterocycles. The molecule has 3 aromatic carbocycles. The molecule has 10 heteroatoms. The van der Waals surface area contributed by atoms with Gasteiger partial charge in [-0.1, -0.05) is 88.3 Å². The molecule has 0 saturated carbocycles. The smallest absolute Gasteiger partial charge is 0.266 e. The molecular formula is C29H23N3O4S3. The number of sulfonamides is 1. The molecule has 0 unspecified atom stereocenters. The topological polar surface area (TPSA) is 78.0 Å². The second kappa shape index (κ2) is 7.71. The van der Waals surface area contributed by atoms with E-state index >= 15 is 0 Å². The van der Waals surface area contributed by atoms with Gasteiger partial charge in [-0.25, -0.2) is 12.7 Å². The molecule has 39 heavy (non-hydrogen) atoms. The molecule has 6 aliphatic rings. The van der Waals surface area contributed by atoms with Gasteiger partial charge in [0.25, 0.3) is 21.8 Å². The van der Waals surface area contributed by atoms with Crippen molar-refractivity contribution in [1.82, 2.24) is 9.80 Å². The Labute approximate surface area is 234 Å². The number of hydrogen-bond donors (Lipinski definition) is 0. The minimum atomic E-state index is -4.11. The molecular weight excluding hydrogens is 551 g/mol. The Morgan fingerprint density at radius 2 is 1.64 bits per heavy atom. The average molecular weight is 574 g/mol. The quantitative estimate of drug-likeness (QED) is 0.437. The van der Waals surface area contributed by atoms with E-state index in [4.69, 9.17) is 0 Å². The molecule has 4 saturated heterocycles. The summed E-state index contributed by atoms with van der Waals surface area (Å²) in [7, 11) is 0.372. The first-order valence-corrected chi connectivity index (χ1v) is 16.4. The number of piperazine rings is 1. The van der Waals surface area contributed by atoms with E-state index in [1.807, 2.05) is 36.4 Å². The van der Waals surface area contributed by atoms with Crippen LogP contribution in [0.2, 0.25) is 0 Å². The van der Waals surface area contributed by atoms with E-state index in [-0.39, 0.29) is 16.7 Å². The normalized spacial score (nSPS) is 30.3. The van der Waals surface area contributed by atoms with Crippen LogP contribution in [0.25, 0.3) is 5.57 Å². The zero-order valence-corrected chi connectivity index (χ0v) is 23.3. The maximum atomic E-state index is 14.5. The van der Waals surface area contributed by atoms with E-state index in [1.165, 1.54) is 30.8 Å². The van der Waals surface area contributed by atoms with Crippen molar-refractivity contribution in [3.63, 3.8) is 0 Å². The highest BCUT2D eigenvalue weighted by Crippen LogP contribution is 2.71. The molecule has 0 N–H and O–H groups in total. The lowest BCUT2D eigenvalue weighted by molar-refractivity contribution is -0.158. The first-order chi connectivity index (χ1) is 18.8. The van der Waals surface area contributed by atoms with Crippen molar-refractivity contribution in [2.75, 3.05) is 11.4 Å². The van der Waals surface area contributed by atoms with E-state index in [0.29, 0.717) is 18.5 Å². The first-order valence-electron chi connectivity index (χ1n) is 12.8. The van der Waals surface area contributed by atoms with Crippen molar-refractivity contribution < 1.29 is 18.0 Å². The standard InChI is InChI=1S/C29H23N3O4S3/c1-30-25-24(33)31-26-28(17-29(31,27(30)34)38-37-25,21-16-15-18-9-5-6-12-20(18)21)22-13-7-8-14-23(22)32(26)39(35,36)19-10-3-2-4-11-19/h2-14,16,25-26H,15,17H2,1H3/t25-,26-,28-,29-/m0/s1. The Hall–Kier alpha value is -3.21. The third-order valence-corrected chi connectivity index (χ3v) is 13.8. The predicted octanol–water partition coefficient (Wildman–Crippen LogP) is 4.22. The lowest BCUT2D eigenvalue weighted by Crippen LogP contribution is -2.72. The van der Waals surface area contributed by atoms with Gasteiger partial charge in [-0.3, -0.25) is 14.5 Å². The van der Waals surface area contributed by atoms with Crippen LogP contribution in [0.1, 0.15) is 23.1 Å². The number of hydrogen-bond acceptors (Lipinski definition) is 6. The number of fused-ring (bicyclic) bond motifs is 6. The van der Waals surface area contributed by atoms with E-state index in [1.54, 1.807) is 42.3 Å². The van der Waals surface area contributed by atoms with Gasteiger partial charge in [0.15, 0.2) is 10.2 Å². The highest BCUT2D eigenvalue weighted by atomic mass is 33.1. The summed E-state index contributed by atoms with van der Waals surface area (Å²) >= 11 is 0. The van der Waals surface area contributed by atoms with Crippen molar-refractivity contribution in [3.05, 3.63) is 102 Å². The van der Waals surface area contributed by atoms with Gasteiger partial charge in [-0.15, -0.1) is 0 Å². The Morgan fingerprint density at radius 1 is 0.923 bits per heavy atom. The van der Waals surface area contributed by atoms with Gasteiger partial charge < -0.3 is 4.90 Å². The summed E-state index contributed by atoms with van der Waals surface area (Å²) in [5.41, 5.74) is 3.66. The average Bonchev–Trinajstić information content (AvgIpc) is 3.60. The molecule has 1 spiro atoms. The van der Waals surface area contributed by atoms with Crippen LogP contribution in [-0.4, -0.2) is 53.5 Å². The van der Waals surface area contributed by atoms with Gasteiger partial charge in [0.05, 0.1) is 16.0 Å². The van der Waals surface area contributed by atoms with E-state index in [2.05, 4.69) is 18.2 Å². The Balaban J connectivity index is 1.46. The number of likely N-dealkylation sites (N-methyl/N-ethyl adjacent to an activating group) is 1. The predicted molar refractivity (Wildman–Crippen MR) is 152 cm³/mol. The monoisotopic (exact) mass is 573 g/mol. The van der Waals surface area contributed by atoms with Crippen molar-refractivity contribution in [3.8, 4) is 0 Å². The SMILES string of the molecule is CN1C(=O)[C@@]23C[C@]4(C5=CCc6ccccc65)c5ccccc5N(S(=O)(=O)c5ccccc5)[C@@H]4N2C(=O)[C@@H]1SS3. The molecule has 1 aliphatic carbocycles. The summed E-state index contributed by atoms with van der Waals surface area (Å²) in [6.45, 7) is 0. The molecule has 4 atom stereocenters. The Kier molecular flexibility index (Phi) is 4.68. The molecule has 2 amide bonds. The summed E-state index contributed by atoms with van der Waals surface area (Å²) in [6.07, 6.45) is 2.26. The Morgan fingerprint density at radius 3 is 2.46 bits per heavy atom. The van der Waals surface area contributed by atoms with Crippen LogP contribution in [0.3, 0.4) is 0 Å². The van der Waals surface area contributed by atoms with Crippen LogP contribution in [0.15, 0.2) is 89.8 Å². The van der Waals surface area contributed by atoms with Crippen LogP contribution < -0.4 is 4.31 Å². The molecule has 4 fully saturated rings. The summed E-state index contributed by atoms with van der Waals surface area (Å²) in [6, 6.07) is 24.1. The van der Waals surface area contributed by atoms with E-state index < -0.39 is 31.8 Å². The fraction of sp³-hybridized carbons (Fsp3) is 0.241. The highest BCUT2D eigenvalue weighted by molar-refractivity contribution is 8.78. The van der Waals surface area contributed by atoms with E-state index in [0.717, 1.165) is 22.3 Å².